The van der Waals surface area contributed by atoms with Crippen LogP contribution in [0.2, 0.25) is 0 Å². The van der Waals surface area contributed by atoms with E-state index in [2.05, 4.69) is 4.99 Å². The molecule has 0 unspecified atom stereocenters. The van der Waals surface area contributed by atoms with Gasteiger partial charge in [0.1, 0.15) is 5.70 Å². The van der Waals surface area contributed by atoms with Crippen molar-refractivity contribution >= 4 is 75.3 Å². The molecule has 0 bridgehead atoms. The fourth-order valence-electron chi connectivity index (χ4n) is 1.01. The Bertz CT molecular complexity index is 310. The summed E-state index contributed by atoms with van der Waals surface area (Å²) in [7, 11) is 0. The lowest BCUT2D eigenvalue weighted by atomic mass is 10.3. The van der Waals surface area contributed by atoms with Gasteiger partial charge in [0.25, 0.3) is 3.92 Å². The summed E-state index contributed by atoms with van der Waals surface area (Å²) in [4.78, 5) is 5.50. The zero-order valence-electron chi connectivity index (χ0n) is 7.45. The highest BCUT2D eigenvalue weighted by molar-refractivity contribution is 6.69. The van der Waals surface area contributed by atoms with Crippen molar-refractivity contribution in [3.8, 4) is 0 Å². The summed E-state index contributed by atoms with van der Waals surface area (Å²) in [5.41, 5.74) is 0.924. The van der Waals surface area contributed by atoms with Crippen molar-refractivity contribution in [2.24, 2.45) is 4.99 Å². The van der Waals surface area contributed by atoms with Crippen molar-refractivity contribution in [2.75, 3.05) is 6.54 Å². The van der Waals surface area contributed by atoms with Crippen LogP contribution < -0.4 is 0 Å². The van der Waals surface area contributed by atoms with Crippen LogP contribution in [0.1, 0.15) is 6.92 Å². The Morgan fingerprint density at radius 3 is 2.13 bits per heavy atom. The van der Waals surface area contributed by atoms with E-state index in [0.717, 1.165) is 0 Å². The molecule has 1 aliphatic rings. The highest BCUT2D eigenvalue weighted by Crippen LogP contribution is 2.40. The van der Waals surface area contributed by atoms with Crippen LogP contribution >= 0.6 is 69.6 Å². The Hall–Kier alpha value is 0.950. The first-order valence-electron chi connectivity index (χ1n) is 3.77. The number of rotatable bonds is 0. The first kappa shape index (κ1) is 14.0. The quantitative estimate of drug-likeness (QED) is 0.477. The first-order valence-corrected chi connectivity index (χ1v) is 6.04. The van der Waals surface area contributed by atoms with Gasteiger partial charge in [0.05, 0.1) is 6.54 Å². The van der Waals surface area contributed by atoms with Crippen LogP contribution in [0.3, 0.4) is 0 Å². The molecule has 0 aromatic heterocycles. The van der Waals surface area contributed by atoms with Crippen LogP contribution in [-0.4, -0.2) is 24.9 Å². The molecule has 1 rings (SSSR count). The van der Waals surface area contributed by atoms with Gasteiger partial charge in [-0.2, -0.15) is 0 Å². The van der Waals surface area contributed by atoms with E-state index >= 15 is 0 Å². The molecule has 0 saturated carbocycles. The minimum Gasteiger partial charge on any atom is -0.327 e. The Morgan fingerprint density at radius 2 is 1.73 bits per heavy atom. The van der Waals surface area contributed by atoms with Gasteiger partial charge in [-0.15, -0.1) is 0 Å². The van der Waals surface area contributed by atoms with E-state index in [1.165, 1.54) is 11.1 Å². The summed E-state index contributed by atoms with van der Waals surface area (Å²) < 4.78 is -3.21. The predicted molar refractivity (Wildman–Crippen MR) is 68.5 cm³/mol. The van der Waals surface area contributed by atoms with E-state index in [0.29, 0.717) is 12.3 Å². The molecular formula is C7H6Cl6N2. The topological polar surface area (TPSA) is 15.6 Å². The summed E-state index contributed by atoms with van der Waals surface area (Å²) in [5, 5.41) is 0. The van der Waals surface area contributed by atoms with Gasteiger partial charge in [-0.1, -0.05) is 69.6 Å². The smallest absolute Gasteiger partial charge is 0.268 e. The third-order valence-electron chi connectivity index (χ3n) is 1.60. The SMILES string of the molecule is CC1=NC(C(Cl)(Cl)Cl)=CN(C(Cl)(Cl)Cl)C1. The minimum absolute atomic E-state index is 0.225. The van der Waals surface area contributed by atoms with Gasteiger partial charge in [-0.05, 0) is 6.92 Å². The second-order valence-electron chi connectivity index (χ2n) is 2.95. The van der Waals surface area contributed by atoms with Crippen LogP contribution in [0.5, 0.6) is 0 Å². The summed E-state index contributed by atoms with van der Waals surface area (Å²) in [5.74, 6) is 0. The van der Waals surface area contributed by atoms with Gasteiger partial charge in [0.15, 0.2) is 0 Å². The molecule has 0 aromatic carbocycles. The standard InChI is InChI=1S/C7H6Cl6N2/c1-4-2-15(7(11,12)13)3-5(14-4)6(8,9)10/h3H,2H2,1H3. The molecule has 1 heterocycles. The van der Waals surface area contributed by atoms with E-state index in [9.17, 15) is 0 Å². The summed E-state index contributed by atoms with van der Waals surface area (Å²) >= 11 is 34.2. The lowest BCUT2D eigenvalue weighted by Gasteiger charge is -2.32. The molecule has 0 spiro atoms. The molecule has 15 heavy (non-hydrogen) atoms. The van der Waals surface area contributed by atoms with Crippen molar-refractivity contribution in [3.05, 3.63) is 11.9 Å². The monoisotopic (exact) mass is 328 g/mol. The number of aliphatic imine (C=N–C) groups is 1. The maximum absolute atomic E-state index is 5.72. The highest BCUT2D eigenvalue weighted by atomic mass is 35.6. The number of hydrogen-bond acceptors (Lipinski definition) is 2. The Labute approximate surface area is 118 Å². The number of halogens is 6. The third kappa shape index (κ3) is 4.03. The average molecular weight is 331 g/mol. The van der Waals surface area contributed by atoms with Crippen LogP contribution in [0.15, 0.2) is 16.9 Å². The Morgan fingerprint density at radius 1 is 1.20 bits per heavy atom. The van der Waals surface area contributed by atoms with E-state index in [4.69, 9.17) is 69.6 Å². The van der Waals surface area contributed by atoms with Crippen LogP contribution in [0.25, 0.3) is 0 Å². The van der Waals surface area contributed by atoms with Crippen molar-refractivity contribution in [3.63, 3.8) is 0 Å². The number of nitrogens with zero attached hydrogens (tertiary/aromatic N) is 2. The van der Waals surface area contributed by atoms with E-state index in [-0.39, 0.29) is 5.70 Å². The molecule has 86 valence electrons. The molecule has 0 aromatic rings. The molecule has 0 radical (unpaired) electrons. The molecule has 8 heteroatoms. The normalized spacial score (nSPS) is 18.7. The fraction of sp³-hybridized carbons (Fsp3) is 0.571. The molecule has 2 nitrogen and oxygen atoms in total. The molecule has 0 N–H and O–H groups in total. The second kappa shape index (κ2) is 4.67. The van der Waals surface area contributed by atoms with E-state index in [1.807, 2.05) is 0 Å². The minimum atomic E-state index is -1.63. The number of allylic oxidation sites excluding steroid dienone is 1. The summed E-state index contributed by atoms with van der Waals surface area (Å²) in [6, 6.07) is 0. The molecule has 1 aliphatic heterocycles. The fourth-order valence-corrected chi connectivity index (χ4v) is 1.61. The molecule has 0 atom stereocenters. The van der Waals surface area contributed by atoms with Crippen molar-refractivity contribution in [1.82, 2.24) is 4.90 Å². The van der Waals surface area contributed by atoms with Crippen molar-refractivity contribution in [2.45, 2.75) is 14.6 Å². The molecule has 0 aliphatic carbocycles. The third-order valence-corrected chi connectivity index (χ3v) is 2.84. The van der Waals surface area contributed by atoms with Crippen LogP contribution in [0.4, 0.5) is 0 Å². The zero-order chi connectivity index (χ0) is 11.9. The van der Waals surface area contributed by atoms with Crippen LogP contribution in [-0.2, 0) is 0 Å². The van der Waals surface area contributed by atoms with Crippen molar-refractivity contribution in [1.29, 1.82) is 0 Å². The van der Waals surface area contributed by atoms with E-state index < -0.39 is 7.71 Å². The van der Waals surface area contributed by atoms with Crippen molar-refractivity contribution < 1.29 is 0 Å². The van der Waals surface area contributed by atoms with Gasteiger partial charge < -0.3 is 4.90 Å². The summed E-state index contributed by atoms with van der Waals surface area (Å²) in [6.45, 7) is 2.13. The Balaban J connectivity index is 3.02. The maximum Gasteiger partial charge on any atom is 0.268 e. The molecule has 0 fully saturated rings. The second-order valence-corrected chi connectivity index (χ2v) is 7.46. The highest BCUT2D eigenvalue weighted by Gasteiger charge is 2.34. The molecule has 0 saturated heterocycles. The number of hydrogen-bond donors (Lipinski definition) is 0. The molecule has 0 amide bonds. The van der Waals surface area contributed by atoms with E-state index in [1.54, 1.807) is 6.92 Å². The predicted octanol–water partition coefficient (Wildman–Crippen LogP) is 4.30. The summed E-state index contributed by atoms with van der Waals surface area (Å²) in [6.07, 6.45) is 1.42. The first-order chi connectivity index (χ1) is 6.60. The van der Waals surface area contributed by atoms with Crippen LogP contribution in [0, 0.1) is 0 Å². The van der Waals surface area contributed by atoms with Gasteiger partial charge >= 0.3 is 0 Å². The molecular weight excluding hydrogens is 325 g/mol. The number of alkyl halides is 6. The van der Waals surface area contributed by atoms with Gasteiger partial charge in [0.2, 0.25) is 3.79 Å². The lowest BCUT2D eigenvalue weighted by molar-refractivity contribution is 0.423. The largest absolute Gasteiger partial charge is 0.327 e. The Kier molecular flexibility index (Phi) is 4.37. The lowest BCUT2D eigenvalue weighted by Crippen LogP contribution is -2.37. The zero-order valence-corrected chi connectivity index (χ0v) is 12.0. The van der Waals surface area contributed by atoms with Gasteiger partial charge in [-0.25, -0.2) is 0 Å². The van der Waals surface area contributed by atoms with Gasteiger partial charge in [-0.3, -0.25) is 4.99 Å². The average Bonchev–Trinajstić information content (AvgIpc) is 1.99. The van der Waals surface area contributed by atoms with Gasteiger partial charge in [0, 0.05) is 11.9 Å². The maximum atomic E-state index is 5.72.